The summed E-state index contributed by atoms with van der Waals surface area (Å²) >= 11 is 3.11. The lowest BCUT2D eigenvalue weighted by molar-refractivity contribution is -0.385. The van der Waals surface area contributed by atoms with Crippen LogP contribution in [0.4, 0.5) is 5.69 Å². The van der Waals surface area contributed by atoms with Crippen molar-refractivity contribution in [2.75, 3.05) is 5.94 Å². The highest BCUT2D eigenvalue weighted by atomic mass is 32.2. The van der Waals surface area contributed by atoms with Gasteiger partial charge in [-0.2, -0.15) is 0 Å². The maximum atomic E-state index is 10.9. The average Bonchev–Trinajstić information content (AvgIpc) is 2.94. The molecule has 0 aliphatic rings. The first-order valence-corrected chi connectivity index (χ1v) is 8.32. The SMILES string of the molecule is O=[N+]([O-])c1ccccc1COCSc1nc2ccccc2s1. The molecule has 0 saturated heterocycles. The molecule has 3 aromatic rings. The molecule has 112 valence electrons. The van der Waals surface area contributed by atoms with Crippen molar-refractivity contribution in [3.63, 3.8) is 0 Å². The van der Waals surface area contributed by atoms with Gasteiger partial charge in [0.25, 0.3) is 5.69 Å². The molecule has 0 atom stereocenters. The third-order valence-electron chi connectivity index (χ3n) is 2.99. The predicted octanol–water partition coefficient (Wildman–Crippen LogP) is 4.47. The number of benzene rings is 2. The van der Waals surface area contributed by atoms with Crippen LogP contribution in [0, 0.1) is 10.1 Å². The summed E-state index contributed by atoms with van der Waals surface area (Å²) in [6, 6.07) is 14.6. The predicted molar refractivity (Wildman–Crippen MR) is 88.2 cm³/mol. The third-order valence-corrected chi connectivity index (χ3v) is 5.04. The minimum atomic E-state index is -0.390. The molecule has 1 heterocycles. The van der Waals surface area contributed by atoms with E-state index in [0.29, 0.717) is 11.5 Å². The first-order chi connectivity index (χ1) is 10.7. The van der Waals surface area contributed by atoms with Crippen molar-refractivity contribution in [2.45, 2.75) is 10.9 Å². The van der Waals surface area contributed by atoms with E-state index in [4.69, 9.17) is 4.74 Å². The topological polar surface area (TPSA) is 65.3 Å². The van der Waals surface area contributed by atoms with E-state index < -0.39 is 0 Å². The van der Waals surface area contributed by atoms with Gasteiger partial charge in [-0.1, -0.05) is 36.0 Å². The van der Waals surface area contributed by atoms with Crippen molar-refractivity contribution >= 4 is 39.0 Å². The monoisotopic (exact) mass is 332 g/mol. The molecular formula is C15H12N2O3S2. The number of fused-ring (bicyclic) bond motifs is 1. The van der Waals surface area contributed by atoms with E-state index in [9.17, 15) is 10.1 Å². The maximum Gasteiger partial charge on any atom is 0.274 e. The van der Waals surface area contributed by atoms with Crippen molar-refractivity contribution in [3.8, 4) is 0 Å². The number of nitrogens with zero attached hydrogens (tertiary/aromatic N) is 2. The average molecular weight is 332 g/mol. The Morgan fingerprint density at radius 2 is 1.95 bits per heavy atom. The molecular weight excluding hydrogens is 320 g/mol. The van der Waals surface area contributed by atoms with Crippen LogP contribution in [-0.2, 0) is 11.3 Å². The van der Waals surface area contributed by atoms with Gasteiger partial charge in [0.05, 0.1) is 33.2 Å². The molecule has 2 aromatic carbocycles. The number of hydrogen-bond donors (Lipinski definition) is 0. The Morgan fingerprint density at radius 1 is 1.18 bits per heavy atom. The van der Waals surface area contributed by atoms with E-state index in [1.165, 1.54) is 17.8 Å². The van der Waals surface area contributed by atoms with Gasteiger partial charge in [-0.25, -0.2) is 4.98 Å². The highest BCUT2D eigenvalue weighted by Crippen LogP contribution is 2.29. The summed E-state index contributed by atoms with van der Waals surface area (Å²) in [4.78, 5) is 15.0. The van der Waals surface area contributed by atoms with Crippen molar-refractivity contribution < 1.29 is 9.66 Å². The Balaban J connectivity index is 1.56. The van der Waals surface area contributed by atoms with Crippen LogP contribution in [0.1, 0.15) is 5.56 Å². The fraction of sp³-hybridized carbons (Fsp3) is 0.133. The van der Waals surface area contributed by atoms with Crippen LogP contribution in [0.3, 0.4) is 0 Å². The number of thioether (sulfide) groups is 1. The lowest BCUT2D eigenvalue weighted by Gasteiger charge is -2.03. The quantitative estimate of drug-likeness (QED) is 0.219. The second-order valence-corrected chi connectivity index (χ2v) is 6.64. The van der Waals surface area contributed by atoms with Gasteiger partial charge in [-0.15, -0.1) is 11.3 Å². The summed E-state index contributed by atoms with van der Waals surface area (Å²) in [5.41, 5.74) is 1.65. The zero-order valence-corrected chi connectivity index (χ0v) is 13.1. The second kappa shape index (κ2) is 6.87. The molecule has 0 radical (unpaired) electrons. The number of nitro benzene ring substituents is 1. The van der Waals surface area contributed by atoms with Crippen LogP contribution in [0.25, 0.3) is 10.2 Å². The Kier molecular flexibility index (Phi) is 4.67. The van der Waals surface area contributed by atoms with E-state index in [1.54, 1.807) is 29.5 Å². The van der Waals surface area contributed by atoms with Crippen LogP contribution < -0.4 is 0 Å². The summed E-state index contributed by atoms with van der Waals surface area (Å²) < 4.78 is 7.61. The third kappa shape index (κ3) is 3.44. The second-order valence-electron chi connectivity index (χ2n) is 4.44. The number of ether oxygens (including phenoxy) is 1. The first-order valence-electron chi connectivity index (χ1n) is 6.52. The fourth-order valence-corrected chi connectivity index (χ4v) is 3.74. The number of rotatable bonds is 6. The Hall–Kier alpha value is -1.96. The van der Waals surface area contributed by atoms with Crippen LogP contribution in [-0.4, -0.2) is 15.8 Å². The fourth-order valence-electron chi connectivity index (χ4n) is 1.97. The zero-order chi connectivity index (χ0) is 15.4. The molecule has 3 rings (SSSR count). The molecule has 1 aromatic heterocycles. The molecule has 0 spiro atoms. The van der Waals surface area contributed by atoms with Crippen LogP contribution in [0.2, 0.25) is 0 Å². The van der Waals surface area contributed by atoms with Crippen molar-refractivity contribution in [3.05, 3.63) is 64.2 Å². The molecule has 0 saturated carbocycles. The van der Waals surface area contributed by atoms with Gasteiger partial charge in [0.1, 0.15) is 0 Å². The smallest absolute Gasteiger partial charge is 0.274 e. The summed E-state index contributed by atoms with van der Waals surface area (Å²) in [7, 11) is 0. The molecule has 22 heavy (non-hydrogen) atoms. The first kappa shape index (κ1) is 15.0. The van der Waals surface area contributed by atoms with Gasteiger partial charge in [0, 0.05) is 6.07 Å². The molecule has 0 aliphatic heterocycles. The molecule has 7 heteroatoms. The van der Waals surface area contributed by atoms with Crippen LogP contribution >= 0.6 is 23.1 Å². The molecule has 0 N–H and O–H groups in total. The normalized spacial score (nSPS) is 10.9. The van der Waals surface area contributed by atoms with Gasteiger partial charge < -0.3 is 4.74 Å². The molecule has 0 aliphatic carbocycles. The van der Waals surface area contributed by atoms with Crippen molar-refractivity contribution in [2.24, 2.45) is 0 Å². The van der Waals surface area contributed by atoms with E-state index in [2.05, 4.69) is 4.98 Å². The summed E-state index contributed by atoms with van der Waals surface area (Å²) in [5, 5.41) is 10.9. The largest absolute Gasteiger partial charge is 0.365 e. The lowest BCUT2D eigenvalue weighted by atomic mass is 10.2. The van der Waals surface area contributed by atoms with E-state index >= 15 is 0 Å². The summed E-state index contributed by atoms with van der Waals surface area (Å²) in [6.45, 7) is 0.217. The minimum absolute atomic E-state index is 0.0903. The van der Waals surface area contributed by atoms with Gasteiger partial charge >= 0.3 is 0 Å². The molecule has 5 nitrogen and oxygen atoms in total. The highest BCUT2D eigenvalue weighted by molar-refractivity contribution is 8.01. The van der Waals surface area contributed by atoms with E-state index in [1.807, 2.05) is 24.3 Å². The number of para-hydroxylation sites is 2. The van der Waals surface area contributed by atoms with Gasteiger partial charge in [-0.05, 0) is 18.2 Å². The summed E-state index contributed by atoms with van der Waals surface area (Å²) in [5.74, 6) is 0.409. The number of thiazole rings is 1. The molecule has 0 fully saturated rings. The van der Waals surface area contributed by atoms with Crippen LogP contribution in [0.5, 0.6) is 0 Å². The highest BCUT2D eigenvalue weighted by Gasteiger charge is 2.12. The van der Waals surface area contributed by atoms with E-state index in [0.717, 1.165) is 14.6 Å². The Morgan fingerprint density at radius 3 is 2.77 bits per heavy atom. The number of aromatic nitrogens is 1. The summed E-state index contributed by atoms with van der Waals surface area (Å²) in [6.07, 6.45) is 0. The minimum Gasteiger partial charge on any atom is -0.365 e. The number of nitro groups is 1. The number of hydrogen-bond acceptors (Lipinski definition) is 6. The maximum absolute atomic E-state index is 10.9. The van der Waals surface area contributed by atoms with Crippen LogP contribution in [0.15, 0.2) is 52.9 Å². The van der Waals surface area contributed by atoms with Gasteiger partial charge in [0.15, 0.2) is 4.34 Å². The zero-order valence-electron chi connectivity index (χ0n) is 11.5. The molecule has 0 unspecified atom stereocenters. The van der Waals surface area contributed by atoms with Crippen molar-refractivity contribution in [1.29, 1.82) is 0 Å². The van der Waals surface area contributed by atoms with Crippen molar-refractivity contribution in [1.82, 2.24) is 4.98 Å². The standard InChI is InChI=1S/C15H12N2O3S2/c18-17(19)13-7-3-1-5-11(13)9-20-10-21-15-16-12-6-2-4-8-14(12)22-15/h1-8H,9-10H2. The van der Waals surface area contributed by atoms with Gasteiger partial charge in [0.2, 0.25) is 0 Å². The van der Waals surface area contributed by atoms with E-state index in [-0.39, 0.29) is 17.2 Å². The lowest BCUT2D eigenvalue weighted by Crippen LogP contribution is -1.98. The Bertz CT molecular complexity index is 771. The van der Waals surface area contributed by atoms with Gasteiger partial charge in [-0.3, -0.25) is 10.1 Å². The Labute approximate surface area is 135 Å². The molecule has 0 amide bonds. The molecule has 0 bridgehead atoms.